The normalized spacial score (nSPS) is 15.4. The third-order valence-corrected chi connectivity index (χ3v) is 2.08. The molecule has 1 aromatic heterocycles. The van der Waals surface area contributed by atoms with E-state index in [1.807, 2.05) is 6.07 Å². The molecule has 0 bridgehead atoms. The highest BCUT2D eigenvalue weighted by Gasteiger charge is 2.21. The van der Waals surface area contributed by atoms with Gasteiger partial charge in [0.1, 0.15) is 13.2 Å². The molecule has 0 aliphatic carbocycles. The van der Waals surface area contributed by atoms with Crippen LogP contribution in [0.4, 0.5) is 0 Å². The Labute approximate surface area is 83.3 Å². The van der Waals surface area contributed by atoms with E-state index < -0.39 is 0 Å². The lowest BCUT2D eigenvalue weighted by Gasteiger charge is -2.21. The molecule has 2 heterocycles. The maximum Gasteiger partial charge on any atom is 0.276 e. The van der Waals surface area contributed by atoms with Crippen LogP contribution in [-0.4, -0.2) is 23.4 Å². The van der Waals surface area contributed by atoms with Gasteiger partial charge in [0.2, 0.25) is 0 Å². The predicted octanol–water partition coefficient (Wildman–Crippen LogP) is 1.55. The zero-order chi connectivity index (χ0) is 10.2. The molecule has 0 unspecified atom stereocenters. The van der Waals surface area contributed by atoms with Gasteiger partial charge in [-0.25, -0.2) is 0 Å². The molecule has 1 aliphatic heterocycles. The minimum absolute atomic E-state index is 0.0111. The first kappa shape index (κ1) is 9.24. The molecule has 14 heavy (non-hydrogen) atoms. The highest BCUT2D eigenvalue weighted by Crippen LogP contribution is 2.30. The van der Waals surface area contributed by atoms with Crippen molar-refractivity contribution in [1.82, 2.24) is 10.2 Å². The highest BCUT2D eigenvalue weighted by molar-refractivity contribution is 5.36. The summed E-state index contributed by atoms with van der Waals surface area (Å²) in [5.74, 6) is 1.21. The van der Waals surface area contributed by atoms with Gasteiger partial charge in [-0.1, -0.05) is 20.8 Å². The predicted molar refractivity (Wildman–Crippen MR) is 51.7 cm³/mol. The number of nitrogens with zero attached hydrogens (tertiary/aromatic N) is 2. The number of hydrogen-bond acceptors (Lipinski definition) is 4. The van der Waals surface area contributed by atoms with E-state index in [1.54, 1.807) is 0 Å². The molecule has 0 radical (unpaired) electrons. The summed E-state index contributed by atoms with van der Waals surface area (Å²) in [4.78, 5) is 0. The summed E-state index contributed by atoms with van der Waals surface area (Å²) < 4.78 is 10.7. The Hall–Kier alpha value is -1.32. The number of rotatable bonds is 0. The zero-order valence-corrected chi connectivity index (χ0v) is 8.70. The minimum atomic E-state index is -0.0111. The van der Waals surface area contributed by atoms with Gasteiger partial charge >= 0.3 is 0 Å². The fourth-order valence-corrected chi connectivity index (χ4v) is 1.22. The monoisotopic (exact) mass is 194 g/mol. The Morgan fingerprint density at radius 2 is 1.86 bits per heavy atom. The first-order chi connectivity index (χ1) is 6.57. The second-order valence-corrected chi connectivity index (χ2v) is 4.35. The lowest BCUT2D eigenvalue weighted by Crippen LogP contribution is -2.20. The number of aromatic nitrogens is 2. The fraction of sp³-hybridized carbons (Fsp3) is 0.600. The van der Waals surface area contributed by atoms with Crippen LogP contribution >= 0.6 is 0 Å². The average Bonchev–Trinajstić information content (AvgIpc) is 2.16. The van der Waals surface area contributed by atoms with E-state index in [-0.39, 0.29) is 5.41 Å². The molecule has 0 amide bonds. The maximum absolute atomic E-state index is 5.43. The van der Waals surface area contributed by atoms with Crippen molar-refractivity contribution in [2.75, 3.05) is 13.2 Å². The third-order valence-electron chi connectivity index (χ3n) is 2.08. The maximum atomic E-state index is 5.43. The first-order valence-electron chi connectivity index (χ1n) is 4.71. The van der Waals surface area contributed by atoms with Crippen LogP contribution in [0.5, 0.6) is 11.6 Å². The Morgan fingerprint density at radius 3 is 2.57 bits per heavy atom. The number of fused-ring (bicyclic) bond motifs is 1. The van der Waals surface area contributed by atoms with Crippen molar-refractivity contribution >= 4 is 0 Å². The van der Waals surface area contributed by atoms with Crippen molar-refractivity contribution in [3.05, 3.63) is 11.8 Å². The van der Waals surface area contributed by atoms with E-state index >= 15 is 0 Å². The molecule has 1 aromatic rings. The molecule has 76 valence electrons. The van der Waals surface area contributed by atoms with E-state index in [0.29, 0.717) is 24.8 Å². The number of ether oxygens (including phenoxy) is 2. The van der Waals surface area contributed by atoms with Crippen molar-refractivity contribution < 1.29 is 9.47 Å². The smallest absolute Gasteiger partial charge is 0.276 e. The van der Waals surface area contributed by atoms with Crippen molar-refractivity contribution in [1.29, 1.82) is 0 Å². The van der Waals surface area contributed by atoms with Crippen LogP contribution in [0.15, 0.2) is 6.07 Å². The van der Waals surface area contributed by atoms with Gasteiger partial charge < -0.3 is 9.47 Å². The lowest BCUT2D eigenvalue weighted by molar-refractivity contribution is 0.161. The van der Waals surface area contributed by atoms with Gasteiger partial charge in [0.25, 0.3) is 5.88 Å². The highest BCUT2D eigenvalue weighted by atomic mass is 16.6. The molecule has 1 aliphatic rings. The standard InChI is InChI=1S/C10H14N2O2/c1-10(2,3)8-6-7-9(12-11-8)14-5-4-13-7/h6H,4-5H2,1-3H3. The summed E-state index contributed by atoms with van der Waals surface area (Å²) in [5.41, 5.74) is 0.907. The zero-order valence-electron chi connectivity index (χ0n) is 8.70. The largest absolute Gasteiger partial charge is 0.484 e. The molecule has 0 spiro atoms. The Balaban J connectivity index is 2.39. The van der Waals surface area contributed by atoms with E-state index in [9.17, 15) is 0 Å². The van der Waals surface area contributed by atoms with E-state index in [1.165, 1.54) is 0 Å². The van der Waals surface area contributed by atoms with Gasteiger partial charge in [0, 0.05) is 11.5 Å². The first-order valence-corrected chi connectivity index (χ1v) is 4.71. The van der Waals surface area contributed by atoms with E-state index in [4.69, 9.17) is 9.47 Å². The van der Waals surface area contributed by atoms with Crippen molar-refractivity contribution in [3.63, 3.8) is 0 Å². The quantitative estimate of drug-likeness (QED) is 0.628. The van der Waals surface area contributed by atoms with Crippen LogP contribution in [0.2, 0.25) is 0 Å². The van der Waals surface area contributed by atoms with Crippen molar-refractivity contribution in [3.8, 4) is 11.6 Å². The van der Waals surface area contributed by atoms with Crippen LogP contribution in [-0.2, 0) is 5.41 Å². The fourth-order valence-electron chi connectivity index (χ4n) is 1.22. The molecule has 0 saturated carbocycles. The van der Waals surface area contributed by atoms with Crippen LogP contribution in [0.3, 0.4) is 0 Å². The molecule has 4 nitrogen and oxygen atoms in total. The molecule has 0 fully saturated rings. The summed E-state index contributed by atoms with van der Waals surface area (Å²) in [6.07, 6.45) is 0. The van der Waals surface area contributed by atoms with E-state index in [2.05, 4.69) is 31.0 Å². The van der Waals surface area contributed by atoms with Gasteiger partial charge in [-0.05, 0) is 0 Å². The van der Waals surface area contributed by atoms with E-state index in [0.717, 1.165) is 5.69 Å². The second kappa shape index (κ2) is 3.12. The van der Waals surface area contributed by atoms with Gasteiger partial charge in [-0.15, -0.1) is 5.10 Å². The molecular weight excluding hydrogens is 180 g/mol. The van der Waals surface area contributed by atoms with Gasteiger partial charge in [-0.2, -0.15) is 5.10 Å². The van der Waals surface area contributed by atoms with Crippen LogP contribution in [0.25, 0.3) is 0 Å². The summed E-state index contributed by atoms with van der Waals surface area (Å²) in [6.45, 7) is 7.41. The van der Waals surface area contributed by atoms with Gasteiger partial charge in [-0.3, -0.25) is 0 Å². The molecule has 0 aromatic carbocycles. The summed E-state index contributed by atoms with van der Waals surface area (Å²) >= 11 is 0. The lowest BCUT2D eigenvalue weighted by atomic mass is 9.92. The Kier molecular flexibility index (Phi) is 2.06. The van der Waals surface area contributed by atoms with Crippen LogP contribution < -0.4 is 9.47 Å². The summed E-state index contributed by atoms with van der Waals surface area (Å²) in [6, 6.07) is 1.90. The minimum Gasteiger partial charge on any atom is -0.484 e. The van der Waals surface area contributed by atoms with Gasteiger partial charge in [0.15, 0.2) is 5.75 Å². The summed E-state index contributed by atoms with van der Waals surface area (Å²) in [5, 5.41) is 8.10. The average molecular weight is 194 g/mol. The number of hydrogen-bond donors (Lipinski definition) is 0. The molecule has 0 atom stereocenters. The molecule has 0 saturated heterocycles. The van der Waals surface area contributed by atoms with Crippen molar-refractivity contribution in [2.45, 2.75) is 26.2 Å². The Bertz CT molecular complexity index is 344. The van der Waals surface area contributed by atoms with Crippen molar-refractivity contribution in [2.24, 2.45) is 0 Å². The molecule has 2 rings (SSSR count). The van der Waals surface area contributed by atoms with Crippen LogP contribution in [0, 0.1) is 0 Å². The Morgan fingerprint density at radius 1 is 1.14 bits per heavy atom. The molecular formula is C10H14N2O2. The van der Waals surface area contributed by atoms with Gasteiger partial charge in [0.05, 0.1) is 5.69 Å². The molecule has 4 heteroatoms. The second-order valence-electron chi connectivity index (χ2n) is 4.35. The summed E-state index contributed by atoms with van der Waals surface area (Å²) in [7, 11) is 0. The molecule has 0 N–H and O–H groups in total. The third kappa shape index (κ3) is 1.64. The topological polar surface area (TPSA) is 44.2 Å². The van der Waals surface area contributed by atoms with Crippen LogP contribution in [0.1, 0.15) is 26.5 Å². The SMILES string of the molecule is CC(C)(C)c1cc2c(nn1)OCCO2.